The summed E-state index contributed by atoms with van der Waals surface area (Å²) in [5.41, 5.74) is 5.20. The van der Waals surface area contributed by atoms with E-state index in [9.17, 15) is 0 Å². The minimum Gasteiger partial charge on any atom is -0.201 e. The summed E-state index contributed by atoms with van der Waals surface area (Å²) in [7, 11) is 0. The fourth-order valence-corrected chi connectivity index (χ4v) is 3.77. The number of nitrogens with zero attached hydrogens (tertiary/aromatic N) is 1. The van der Waals surface area contributed by atoms with Crippen LogP contribution in [0.1, 0.15) is 38.1 Å². The first-order valence-electron chi connectivity index (χ1n) is 9.07. The molecule has 0 radical (unpaired) electrons. The van der Waals surface area contributed by atoms with Crippen molar-refractivity contribution in [1.29, 1.82) is 0 Å². The first-order chi connectivity index (χ1) is 11.9. The molecular formula is C23H24N+. The Morgan fingerprint density at radius 2 is 1.08 bits per heavy atom. The summed E-state index contributed by atoms with van der Waals surface area (Å²) in [5.74, 6) is 0. The van der Waals surface area contributed by atoms with E-state index in [2.05, 4.69) is 83.7 Å². The Morgan fingerprint density at radius 1 is 0.583 bits per heavy atom. The maximum absolute atomic E-state index is 2.48. The van der Waals surface area contributed by atoms with Gasteiger partial charge < -0.3 is 0 Å². The Hall–Kier alpha value is -2.41. The maximum Gasteiger partial charge on any atom is 0.176 e. The summed E-state index contributed by atoms with van der Waals surface area (Å²) in [6, 6.07) is 24.4. The summed E-state index contributed by atoms with van der Waals surface area (Å²) >= 11 is 0. The number of hydrogen-bond acceptors (Lipinski definition) is 0. The second kappa shape index (κ2) is 7.00. The Labute approximate surface area is 144 Å². The van der Waals surface area contributed by atoms with Crippen molar-refractivity contribution in [3.05, 3.63) is 79.1 Å². The van der Waals surface area contributed by atoms with E-state index in [0.717, 1.165) is 0 Å². The Kier molecular flexibility index (Phi) is 4.42. The van der Waals surface area contributed by atoms with Gasteiger partial charge in [-0.05, 0) is 30.0 Å². The van der Waals surface area contributed by atoms with Gasteiger partial charge in [-0.25, -0.2) is 4.57 Å². The van der Waals surface area contributed by atoms with E-state index in [1.54, 1.807) is 0 Å². The van der Waals surface area contributed by atoms with E-state index in [0.29, 0.717) is 6.04 Å². The molecule has 1 fully saturated rings. The van der Waals surface area contributed by atoms with Crippen molar-refractivity contribution in [3.63, 3.8) is 0 Å². The second-order valence-electron chi connectivity index (χ2n) is 6.78. The van der Waals surface area contributed by atoms with Crippen LogP contribution in [0, 0.1) is 0 Å². The SMILES string of the molecule is c1ccc(-c2cc(-c3ccccc3)c[n+](C3CCCCC3)c2)cc1. The smallest absolute Gasteiger partial charge is 0.176 e. The van der Waals surface area contributed by atoms with Crippen LogP contribution in [0.15, 0.2) is 79.1 Å². The van der Waals surface area contributed by atoms with Crippen molar-refractivity contribution >= 4 is 0 Å². The first kappa shape index (κ1) is 15.1. The molecule has 4 rings (SSSR count). The lowest BCUT2D eigenvalue weighted by atomic mass is 9.94. The van der Waals surface area contributed by atoms with Crippen LogP contribution in [0.25, 0.3) is 22.3 Å². The predicted molar refractivity (Wildman–Crippen MR) is 99.6 cm³/mol. The van der Waals surface area contributed by atoms with E-state index < -0.39 is 0 Å². The minimum atomic E-state index is 0.643. The topological polar surface area (TPSA) is 3.88 Å². The van der Waals surface area contributed by atoms with Gasteiger partial charge in [0.1, 0.15) is 0 Å². The molecule has 0 aliphatic heterocycles. The molecule has 24 heavy (non-hydrogen) atoms. The van der Waals surface area contributed by atoms with Crippen molar-refractivity contribution in [2.45, 2.75) is 38.1 Å². The van der Waals surface area contributed by atoms with Crippen LogP contribution in [-0.2, 0) is 0 Å². The normalized spacial score (nSPS) is 15.3. The molecule has 0 unspecified atom stereocenters. The van der Waals surface area contributed by atoms with Crippen molar-refractivity contribution < 1.29 is 4.57 Å². The van der Waals surface area contributed by atoms with Crippen molar-refractivity contribution in [2.75, 3.05) is 0 Å². The zero-order valence-corrected chi connectivity index (χ0v) is 14.1. The molecular weight excluding hydrogens is 290 g/mol. The number of rotatable bonds is 3. The number of hydrogen-bond donors (Lipinski definition) is 0. The van der Waals surface area contributed by atoms with Gasteiger partial charge in [0.25, 0.3) is 0 Å². The van der Waals surface area contributed by atoms with Gasteiger partial charge in [-0.2, -0.15) is 0 Å². The molecule has 0 amide bonds. The highest BCUT2D eigenvalue weighted by Crippen LogP contribution is 2.28. The van der Waals surface area contributed by atoms with E-state index >= 15 is 0 Å². The van der Waals surface area contributed by atoms with Gasteiger partial charge in [-0.3, -0.25) is 0 Å². The van der Waals surface area contributed by atoms with E-state index in [1.807, 2.05) is 0 Å². The van der Waals surface area contributed by atoms with Crippen molar-refractivity contribution in [1.82, 2.24) is 0 Å². The number of benzene rings is 2. The van der Waals surface area contributed by atoms with Gasteiger partial charge in [0.2, 0.25) is 0 Å². The van der Waals surface area contributed by atoms with E-state index in [-0.39, 0.29) is 0 Å². The lowest BCUT2D eigenvalue weighted by Crippen LogP contribution is -2.40. The van der Waals surface area contributed by atoms with Gasteiger partial charge in [-0.1, -0.05) is 67.1 Å². The molecule has 0 spiro atoms. The standard InChI is InChI=1S/C23H24N/c1-4-10-19(11-5-1)21-16-22(20-12-6-2-7-13-20)18-24(17-21)23-14-8-3-9-15-23/h1-2,4-7,10-13,16-18,23H,3,8-9,14-15H2/q+1. The van der Waals surface area contributed by atoms with Crippen LogP contribution in [0.2, 0.25) is 0 Å². The Morgan fingerprint density at radius 3 is 1.58 bits per heavy atom. The average Bonchev–Trinajstić information content (AvgIpc) is 2.70. The third-order valence-electron chi connectivity index (χ3n) is 5.10. The number of aromatic nitrogens is 1. The highest BCUT2D eigenvalue weighted by Gasteiger charge is 2.23. The number of pyridine rings is 1. The van der Waals surface area contributed by atoms with Gasteiger partial charge in [0, 0.05) is 24.0 Å². The molecule has 0 atom stereocenters. The summed E-state index contributed by atoms with van der Waals surface area (Å²) in [4.78, 5) is 0. The molecule has 1 aliphatic carbocycles. The van der Waals surface area contributed by atoms with Crippen molar-refractivity contribution in [2.24, 2.45) is 0 Å². The predicted octanol–water partition coefficient (Wildman–Crippen LogP) is 5.81. The largest absolute Gasteiger partial charge is 0.201 e. The average molecular weight is 314 g/mol. The van der Waals surface area contributed by atoms with Crippen LogP contribution in [0.3, 0.4) is 0 Å². The van der Waals surface area contributed by atoms with Crippen LogP contribution in [-0.4, -0.2) is 0 Å². The van der Waals surface area contributed by atoms with Crippen LogP contribution in [0.5, 0.6) is 0 Å². The monoisotopic (exact) mass is 314 g/mol. The molecule has 120 valence electrons. The van der Waals surface area contributed by atoms with Crippen LogP contribution < -0.4 is 4.57 Å². The highest BCUT2D eigenvalue weighted by atomic mass is 15.0. The summed E-state index contributed by atoms with van der Waals surface area (Å²) < 4.78 is 2.48. The quantitative estimate of drug-likeness (QED) is 0.537. The first-order valence-corrected chi connectivity index (χ1v) is 9.07. The second-order valence-corrected chi connectivity index (χ2v) is 6.78. The Bertz CT molecular complexity index is 729. The molecule has 1 aliphatic rings. The van der Waals surface area contributed by atoms with Gasteiger partial charge in [0.15, 0.2) is 18.4 Å². The molecule has 2 aromatic carbocycles. The third-order valence-corrected chi connectivity index (χ3v) is 5.10. The zero-order valence-electron chi connectivity index (χ0n) is 14.1. The molecule has 0 bridgehead atoms. The fourth-order valence-electron chi connectivity index (χ4n) is 3.77. The van der Waals surface area contributed by atoms with Crippen LogP contribution >= 0.6 is 0 Å². The summed E-state index contributed by atoms with van der Waals surface area (Å²) in [5, 5.41) is 0. The Balaban J connectivity index is 1.81. The van der Waals surface area contributed by atoms with Gasteiger partial charge >= 0.3 is 0 Å². The molecule has 1 aromatic heterocycles. The lowest BCUT2D eigenvalue weighted by molar-refractivity contribution is -0.724. The fraction of sp³-hybridized carbons (Fsp3) is 0.261. The summed E-state index contributed by atoms with van der Waals surface area (Å²) in [6.07, 6.45) is 11.4. The molecule has 1 nitrogen and oxygen atoms in total. The van der Waals surface area contributed by atoms with Gasteiger partial charge in [-0.15, -0.1) is 0 Å². The molecule has 0 N–H and O–H groups in total. The van der Waals surface area contributed by atoms with E-state index in [4.69, 9.17) is 0 Å². The van der Waals surface area contributed by atoms with E-state index in [1.165, 1.54) is 54.4 Å². The molecule has 3 aromatic rings. The molecule has 1 heterocycles. The zero-order chi connectivity index (χ0) is 16.2. The van der Waals surface area contributed by atoms with Gasteiger partial charge in [0.05, 0.1) is 0 Å². The third kappa shape index (κ3) is 3.26. The maximum atomic E-state index is 2.48. The van der Waals surface area contributed by atoms with Crippen molar-refractivity contribution in [3.8, 4) is 22.3 Å². The molecule has 1 heteroatoms. The molecule has 1 saturated carbocycles. The molecule has 0 saturated heterocycles. The van der Waals surface area contributed by atoms with Crippen LogP contribution in [0.4, 0.5) is 0 Å². The lowest BCUT2D eigenvalue weighted by Gasteiger charge is -2.18. The highest BCUT2D eigenvalue weighted by molar-refractivity contribution is 5.70. The summed E-state index contributed by atoms with van der Waals surface area (Å²) in [6.45, 7) is 0. The minimum absolute atomic E-state index is 0.643.